The summed E-state index contributed by atoms with van der Waals surface area (Å²) in [5.74, 6) is 0. The summed E-state index contributed by atoms with van der Waals surface area (Å²) < 4.78 is 2.50. The molecular formula is C17H24BrNS. The van der Waals surface area contributed by atoms with Gasteiger partial charge in [0.05, 0.1) is 0 Å². The Hall–Kier alpha value is -0.380. The monoisotopic (exact) mass is 353 g/mol. The third kappa shape index (κ3) is 4.06. The largest absolute Gasteiger partial charge is 0.324 e. The first kappa shape index (κ1) is 16.0. The maximum Gasteiger partial charge on any atom is 0.0488 e. The van der Waals surface area contributed by atoms with Crippen molar-refractivity contribution in [1.29, 1.82) is 0 Å². The molecule has 1 unspecified atom stereocenters. The van der Waals surface area contributed by atoms with Gasteiger partial charge < -0.3 is 5.73 Å². The Balaban J connectivity index is 1.88. The maximum atomic E-state index is 6.39. The standard InChI is InChI=1S/C17H24BrNS/c1-2-3-4-5-6-7-11-16(19)14-12-20-17-13(14)9-8-10-15(17)18/h8-10,12,16H,2-7,11,19H2,1H3. The van der Waals surface area contributed by atoms with Gasteiger partial charge in [-0.25, -0.2) is 0 Å². The van der Waals surface area contributed by atoms with Crippen molar-refractivity contribution in [1.82, 2.24) is 0 Å². The van der Waals surface area contributed by atoms with Crippen molar-refractivity contribution in [3.8, 4) is 0 Å². The molecule has 0 spiro atoms. The molecule has 0 bridgehead atoms. The Morgan fingerprint density at radius 2 is 1.90 bits per heavy atom. The van der Waals surface area contributed by atoms with Gasteiger partial charge in [-0.1, -0.05) is 57.6 Å². The van der Waals surface area contributed by atoms with Crippen LogP contribution in [0.4, 0.5) is 0 Å². The summed E-state index contributed by atoms with van der Waals surface area (Å²) in [6.45, 7) is 2.26. The molecule has 0 aliphatic heterocycles. The lowest BCUT2D eigenvalue weighted by Crippen LogP contribution is -2.09. The normalized spacial score (nSPS) is 12.9. The fourth-order valence-corrected chi connectivity index (χ4v) is 4.32. The number of rotatable bonds is 8. The smallest absolute Gasteiger partial charge is 0.0488 e. The van der Waals surface area contributed by atoms with E-state index in [1.165, 1.54) is 58.6 Å². The molecule has 0 aliphatic rings. The van der Waals surface area contributed by atoms with Gasteiger partial charge in [-0.2, -0.15) is 0 Å². The van der Waals surface area contributed by atoms with Crippen LogP contribution < -0.4 is 5.73 Å². The maximum absolute atomic E-state index is 6.39. The first-order chi connectivity index (χ1) is 9.74. The molecule has 0 radical (unpaired) electrons. The summed E-state index contributed by atoms with van der Waals surface area (Å²) in [5, 5.41) is 3.56. The molecule has 3 heteroatoms. The summed E-state index contributed by atoms with van der Waals surface area (Å²) in [6, 6.07) is 6.57. The summed E-state index contributed by atoms with van der Waals surface area (Å²) in [6.07, 6.45) is 9.08. The van der Waals surface area contributed by atoms with E-state index >= 15 is 0 Å². The second kappa shape index (κ2) is 8.16. The second-order valence-corrected chi connectivity index (χ2v) is 7.20. The third-order valence-electron chi connectivity index (χ3n) is 3.85. The SMILES string of the molecule is CCCCCCCCC(N)c1csc2c(Br)cccc12. The molecule has 1 aromatic carbocycles. The number of hydrogen-bond acceptors (Lipinski definition) is 2. The van der Waals surface area contributed by atoms with Gasteiger partial charge in [0.2, 0.25) is 0 Å². The topological polar surface area (TPSA) is 26.0 Å². The quantitative estimate of drug-likeness (QED) is 0.544. The molecule has 2 aromatic rings. The molecule has 1 nitrogen and oxygen atoms in total. The highest BCUT2D eigenvalue weighted by Gasteiger charge is 2.12. The summed E-state index contributed by atoms with van der Waals surface area (Å²) >= 11 is 5.41. The fraction of sp³-hybridized carbons (Fsp3) is 0.529. The van der Waals surface area contributed by atoms with E-state index in [1.54, 1.807) is 11.3 Å². The fourth-order valence-electron chi connectivity index (χ4n) is 2.63. The van der Waals surface area contributed by atoms with Crippen LogP contribution in [0, 0.1) is 0 Å². The van der Waals surface area contributed by atoms with Crippen LogP contribution in [-0.2, 0) is 0 Å². The lowest BCUT2D eigenvalue weighted by molar-refractivity contribution is 0.549. The van der Waals surface area contributed by atoms with Gasteiger partial charge in [-0.3, -0.25) is 0 Å². The van der Waals surface area contributed by atoms with E-state index in [1.807, 2.05) is 0 Å². The van der Waals surface area contributed by atoms with Crippen molar-refractivity contribution in [3.63, 3.8) is 0 Å². The van der Waals surface area contributed by atoms with Crippen LogP contribution in [0.1, 0.15) is 63.5 Å². The minimum absolute atomic E-state index is 0.184. The predicted molar refractivity (Wildman–Crippen MR) is 94.4 cm³/mol. The average molecular weight is 354 g/mol. The van der Waals surface area contributed by atoms with E-state index in [2.05, 4.69) is 46.4 Å². The molecule has 20 heavy (non-hydrogen) atoms. The zero-order chi connectivity index (χ0) is 14.4. The first-order valence-corrected chi connectivity index (χ1v) is 9.32. The minimum Gasteiger partial charge on any atom is -0.324 e. The molecule has 0 aliphatic carbocycles. The minimum atomic E-state index is 0.184. The highest BCUT2D eigenvalue weighted by atomic mass is 79.9. The molecule has 0 fully saturated rings. The molecular weight excluding hydrogens is 330 g/mol. The Bertz CT molecular complexity index is 535. The number of benzene rings is 1. The molecule has 0 amide bonds. The molecule has 0 saturated carbocycles. The van der Waals surface area contributed by atoms with Gasteiger partial charge in [-0.15, -0.1) is 11.3 Å². The summed E-state index contributed by atoms with van der Waals surface area (Å²) in [5.41, 5.74) is 7.71. The van der Waals surface area contributed by atoms with Gasteiger partial charge in [-0.05, 0) is 44.7 Å². The van der Waals surface area contributed by atoms with Crippen molar-refractivity contribution < 1.29 is 0 Å². The zero-order valence-electron chi connectivity index (χ0n) is 12.2. The Morgan fingerprint density at radius 3 is 2.70 bits per heavy atom. The highest BCUT2D eigenvalue weighted by molar-refractivity contribution is 9.10. The van der Waals surface area contributed by atoms with E-state index in [4.69, 9.17) is 5.73 Å². The van der Waals surface area contributed by atoms with E-state index in [9.17, 15) is 0 Å². The van der Waals surface area contributed by atoms with Crippen LogP contribution in [0.5, 0.6) is 0 Å². The van der Waals surface area contributed by atoms with E-state index in [-0.39, 0.29) is 6.04 Å². The Labute approximate surface area is 134 Å². The molecule has 1 aromatic heterocycles. The van der Waals surface area contributed by atoms with Gasteiger partial charge in [0, 0.05) is 15.2 Å². The van der Waals surface area contributed by atoms with Crippen LogP contribution in [0.3, 0.4) is 0 Å². The van der Waals surface area contributed by atoms with Crippen molar-refractivity contribution in [2.24, 2.45) is 5.73 Å². The highest BCUT2D eigenvalue weighted by Crippen LogP contribution is 2.35. The Kier molecular flexibility index (Phi) is 6.53. The first-order valence-electron chi connectivity index (χ1n) is 7.65. The lowest BCUT2D eigenvalue weighted by atomic mass is 10.00. The number of nitrogens with two attached hydrogens (primary N) is 1. The lowest BCUT2D eigenvalue weighted by Gasteiger charge is -2.11. The van der Waals surface area contributed by atoms with E-state index < -0.39 is 0 Å². The number of unbranched alkanes of at least 4 members (excludes halogenated alkanes) is 5. The van der Waals surface area contributed by atoms with Gasteiger partial charge in [0.25, 0.3) is 0 Å². The van der Waals surface area contributed by atoms with Crippen LogP contribution in [-0.4, -0.2) is 0 Å². The van der Waals surface area contributed by atoms with Crippen molar-refractivity contribution >= 4 is 37.4 Å². The molecule has 1 heterocycles. The van der Waals surface area contributed by atoms with Gasteiger partial charge in [0.1, 0.15) is 0 Å². The number of halogens is 1. The predicted octanol–water partition coefficient (Wildman–Crippen LogP) is 6.41. The molecule has 2 N–H and O–H groups in total. The van der Waals surface area contributed by atoms with Crippen LogP contribution >= 0.6 is 27.3 Å². The van der Waals surface area contributed by atoms with E-state index in [0.29, 0.717) is 0 Å². The number of thiophene rings is 1. The molecule has 1 atom stereocenters. The number of fused-ring (bicyclic) bond motifs is 1. The average Bonchev–Trinajstić information content (AvgIpc) is 2.88. The number of hydrogen-bond donors (Lipinski definition) is 1. The van der Waals surface area contributed by atoms with Crippen molar-refractivity contribution in [2.75, 3.05) is 0 Å². The van der Waals surface area contributed by atoms with Crippen LogP contribution in [0.15, 0.2) is 28.1 Å². The van der Waals surface area contributed by atoms with Gasteiger partial charge in [0.15, 0.2) is 0 Å². The van der Waals surface area contributed by atoms with Gasteiger partial charge >= 0.3 is 0 Å². The summed E-state index contributed by atoms with van der Waals surface area (Å²) in [4.78, 5) is 0. The van der Waals surface area contributed by atoms with Crippen molar-refractivity contribution in [3.05, 3.63) is 33.6 Å². The molecule has 110 valence electrons. The summed E-state index contributed by atoms with van der Waals surface area (Å²) in [7, 11) is 0. The van der Waals surface area contributed by atoms with E-state index in [0.717, 1.165) is 6.42 Å². The Morgan fingerprint density at radius 1 is 1.15 bits per heavy atom. The molecule has 0 saturated heterocycles. The van der Waals surface area contributed by atoms with Crippen LogP contribution in [0.25, 0.3) is 10.1 Å². The third-order valence-corrected chi connectivity index (χ3v) is 5.82. The molecule has 2 rings (SSSR count). The van der Waals surface area contributed by atoms with Crippen LogP contribution in [0.2, 0.25) is 0 Å². The zero-order valence-corrected chi connectivity index (χ0v) is 14.6. The van der Waals surface area contributed by atoms with Crippen molar-refractivity contribution in [2.45, 2.75) is 57.9 Å². The second-order valence-electron chi connectivity index (χ2n) is 5.47.